The van der Waals surface area contributed by atoms with Gasteiger partial charge in [-0.3, -0.25) is 9.59 Å². The van der Waals surface area contributed by atoms with E-state index in [-0.39, 0.29) is 24.7 Å². The number of hydrazone groups is 1. The van der Waals surface area contributed by atoms with Crippen LogP contribution in [-0.4, -0.2) is 17.5 Å². The fraction of sp³-hybridized carbons (Fsp3) is 0.250. The second-order valence-electron chi connectivity index (χ2n) is 5.82. The average molecular weight is 463 g/mol. The van der Waals surface area contributed by atoms with Gasteiger partial charge in [0.15, 0.2) is 0 Å². The third-order valence-electron chi connectivity index (χ3n) is 3.80. The molecule has 2 N–H and O–H groups in total. The number of anilines is 1. The topological polar surface area (TPSA) is 70.6 Å². The van der Waals surface area contributed by atoms with Crippen molar-refractivity contribution in [3.63, 3.8) is 0 Å². The molecule has 0 aliphatic heterocycles. The van der Waals surface area contributed by atoms with Crippen LogP contribution in [0.2, 0.25) is 0 Å². The van der Waals surface area contributed by atoms with E-state index in [4.69, 9.17) is 0 Å². The minimum absolute atomic E-state index is 0.0878. The molecule has 5 nitrogen and oxygen atoms in total. The van der Waals surface area contributed by atoms with Crippen molar-refractivity contribution < 1.29 is 9.59 Å². The molecule has 6 heteroatoms. The Labute approximate surface area is 167 Å². The lowest BCUT2D eigenvalue weighted by atomic mass is 10.1. The first kappa shape index (κ1) is 20.1. The van der Waals surface area contributed by atoms with Crippen LogP contribution in [0.15, 0.2) is 53.6 Å². The largest absolute Gasteiger partial charge is 0.326 e. The quantitative estimate of drug-likeness (QED) is 0.366. The average Bonchev–Trinajstić information content (AvgIpc) is 2.64. The third-order valence-corrected chi connectivity index (χ3v) is 4.47. The standard InChI is InChI=1S/C20H22IN3O2/c1-3-17(15-7-5-4-6-8-15)23-24-20(26)12-11-19(25)22-18-10-9-16(21)13-14(18)2/h4-10,13H,3,11-12H2,1-2H3,(H,22,25)(H,24,26)/b23-17-. The summed E-state index contributed by atoms with van der Waals surface area (Å²) in [7, 11) is 0. The summed E-state index contributed by atoms with van der Waals surface area (Å²) in [4.78, 5) is 24.0. The summed E-state index contributed by atoms with van der Waals surface area (Å²) in [6.07, 6.45) is 0.904. The van der Waals surface area contributed by atoms with Crippen LogP contribution in [0.4, 0.5) is 5.69 Å². The Hall–Kier alpha value is -2.22. The number of benzene rings is 2. The van der Waals surface area contributed by atoms with Gasteiger partial charge in [-0.25, -0.2) is 5.43 Å². The van der Waals surface area contributed by atoms with Gasteiger partial charge < -0.3 is 5.32 Å². The number of aryl methyl sites for hydroxylation is 1. The van der Waals surface area contributed by atoms with Crippen molar-refractivity contribution in [2.45, 2.75) is 33.1 Å². The molecule has 0 spiro atoms. The maximum Gasteiger partial charge on any atom is 0.240 e. The van der Waals surface area contributed by atoms with Gasteiger partial charge in [-0.15, -0.1) is 0 Å². The molecule has 0 heterocycles. The van der Waals surface area contributed by atoms with Crippen molar-refractivity contribution in [1.82, 2.24) is 5.43 Å². The van der Waals surface area contributed by atoms with Gasteiger partial charge in [0.2, 0.25) is 11.8 Å². The van der Waals surface area contributed by atoms with Crippen LogP contribution in [0.25, 0.3) is 0 Å². The zero-order chi connectivity index (χ0) is 18.9. The fourth-order valence-corrected chi connectivity index (χ4v) is 3.02. The van der Waals surface area contributed by atoms with Crippen LogP contribution in [0.5, 0.6) is 0 Å². The van der Waals surface area contributed by atoms with Crippen LogP contribution < -0.4 is 10.7 Å². The summed E-state index contributed by atoms with van der Waals surface area (Å²) < 4.78 is 1.11. The molecule has 0 aliphatic carbocycles. The highest BCUT2D eigenvalue weighted by atomic mass is 127. The van der Waals surface area contributed by atoms with Crippen LogP contribution >= 0.6 is 22.6 Å². The van der Waals surface area contributed by atoms with E-state index in [9.17, 15) is 9.59 Å². The van der Waals surface area contributed by atoms with Crippen LogP contribution in [0.1, 0.15) is 37.3 Å². The van der Waals surface area contributed by atoms with Gasteiger partial charge in [-0.05, 0) is 65.3 Å². The number of nitrogens with one attached hydrogen (secondary N) is 2. The molecule has 0 aliphatic rings. The van der Waals surface area contributed by atoms with Crippen LogP contribution in [0.3, 0.4) is 0 Å². The predicted octanol–water partition coefficient (Wildman–Crippen LogP) is 4.25. The monoisotopic (exact) mass is 463 g/mol. The maximum absolute atomic E-state index is 12.0. The number of amides is 2. The molecule has 0 bridgehead atoms. The van der Waals surface area contributed by atoms with Gasteiger partial charge in [0.05, 0.1) is 5.71 Å². The normalized spacial score (nSPS) is 11.1. The van der Waals surface area contributed by atoms with Gasteiger partial charge in [-0.2, -0.15) is 5.10 Å². The van der Waals surface area contributed by atoms with Crippen molar-refractivity contribution in [3.05, 3.63) is 63.2 Å². The molecule has 0 fully saturated rings. The molecule has 2 aromatic rings. The number of halogens is 1. The molecule has 0 aromatic heterocycles. The number of hydrogen-bond acceptors (Lipinski definition) is 3. The van der Waals surface area contributed by atoms with Gasteiger partial charge >= 0.3 is 0 Å². The Morgan fingerprint density at radius 1 is 1.04 bits per heavy atom. The molecule has 2 amide bonds. The molecular weight excluding hydrogens is 441 g/mol. The lowest BCUT2D eigenvalue weighted by Crippen LogP contribution is -2.22. The van der Waals surface area contributed by atoms with E-state index in [2.05, 4.69) is 38.4 Å². The van der Waals surface area contributed by atoms with Crippen molar-refractivity contribution >= 4 is 45.8 Å². The Balaban J connectivity index is 1.84. The van der Waals surface area contributed by atoms with E-state index in [1.54, 1.807) is 0 Å². The summed E-state index contributed by atoms with van der Waals surface area (Å²) in [5.41, 5.74) is 6.08. The Bertz CT molecular complexity index is 804. The lowest BCUT2D eigenvalue weighted by Gasteiger charge is -2.09. The molecule has 2 rings (SSSR count). The summed E-state index contributed by atoms with van der Waals surface area (Å²) in [5, 5.41) is 7.02. The van der Waals surface area contributed by atoms with Crippen molar-refractivity contribution in [2.75, 3.05) is 5.32 Å². The maximum atomic E-state index is 12.0. The highest BCUT2D eigenvalue weighted by Crippen LogP contribution is 2.18. The summed E-state index contributed by atoms with van der Waals surface area (Å²) >= 11 is 2.22. The van der Waals surface area contributed by atoms with E-state index in [0.29, 0.717) is 6.42 Å². The summed E-state index contributed by atoms with van der Waals surface area (Å²) in [5.74, 6) is -0.464. The molecule has 0 unspecified atom stereocenters. The highest BCUT2D eigenvalue weighted by molar-refractivity contribution is 14.1. The van der Waals surface area contributed by atoms with E-state index in [0.717, 1.165) is 26.1 Å². The molecular formula is C20H22IN3O2. The van der Waals surface area contributed by atoms with E-state index in [1.807, 2.05) is 62.4 Å². The Morgan fingerprint density at radius 2 is 1.73 bits per heavy atom. The van der Waals surface area contributed by atoms with Gasteiger partial charge in [0.25, 0.3) is 0 Å². The Morgan fingerprint density at radius 3 is 2.38 bits per heavy atom. The minimum atomic E-state index is -0.277. The summed E-state index contributed by atoms with van der Waals surface area (Å²) in [6.45, 7) is 3.92. The second kappa shape index (κ2) is 10.1. The Kier molecular flexibility index (Phi) is 7.77. The lowest BCUT2D eigenvalue weighted by molar-refractivity contribution is -0.124. The number of hydrogen-bond donors (Lipinski definition) is 2. The van der Waals surface area contributed by atoms with Gasteiger partial charge in [0, 0.05) is 22.1 Å². The number of nitrogens with zero attached hydrogens (tertiary/aromatic N) is 1. The number of rotatable bonds is 7. The number of carbonyl (C=O) groups is 2. The molecule has 0 atom stereocenters. The molecule has 26 heavy (non-hydrogen) atoms. The molecule has 2 aromatic carbocycles. The highest BCUT2D eigenvalue weighted by Gasteiger charge is 2.09. The van der Waals surface area contributed by atoms with Crippen LogP contribution in [-0.2, 0) is 9.59 Å². The molecule has 0 saturated heterocycles. The molecule has 0 radical (unpaired) electrons. The smallest absolute Gasteiger partial charge is 0.240 e. The van der Waals surface area contributed by atoms with Gasteiger partial charge in [-0.1, -0.05) is 37.3 Å². The molecule has 0 saturated carbocycles. The van der Waals surface area contributed by atoms with E-state index < -0.39 is 0 Å². The molecule has 136 valence electrons. The fourth-order valence-electron chi connectivity index (χ4n) is 2.37. The van der Waals surface area contributed by atoms with Crippen molar-refractivity contribution in [3.8, 4) is 0 Å². The minimum Gasteiger partial charge on any atom is -0.326 e. The third kappa shape index (κ3) is 6.25. The van der Waals surface area contributed by atoms with Crippen molar-refractivity contribution in [1.29, 1.82) is 0 Å². The van der Waals surface area contributed by atoms with E-state index >= 15 is 0 Å². The predicted molar refractivity (Wildman–Crippen MR) is 113 cm³/mol. The SMILES string of the molecule is CC/C(=N/NC(=O)CCC(=O)Nc1ccc(I)cc1C)c1ccccc1. The first-order chi connectivity index (χ1) is 12.5. The summed E-state index contributed by atoms with van der Waals surface area (Å²) in [6, 6.07) is 15.5. The van der Waals surface area contributed by atoms with Crippen LogP contribution in [0, 0.1) is 10.5 Å². The number of carbonyl (C=O) groups excluding carboxylic acids is 2. The second-order valence-corrected chi connectivity index (χ2v) is 7.07. The zero-order valence-electron chi connectivity index (χ0n) is 14.9. The zero-order valence-corrected chi connectivity index (χ0v) is 17.0. The van der Waals surface area contributed by atoms with Gasteiger partial charge in [0.1, 0.15) is 0 Å². The van der Waals surface area contributed by atoms with E-state index in [1.165, 1.54) is 0 Å². The first-order valence-electron chi connectivity index (χ1n) is 8.46. The van der Waals surface area contributed by atoms with Crippen molar-refractivity contribution in [2.24, 2.45) is 5.10 Å². The first-order valence-corrected chi connectivity index (χ1v) is 9.54.